The summed E-state index contributed by atoms with van der Waals surface area (Å²) in [5.41, 5.74) is -0.764. The van der Waals surface area contributed by atoms with Gasteiger partial charge in [0.25, 0.3) is 0 Å². The summed E-state index contributed by atoms with van der Waals surface area (Å²) in [5.74, 6) is 0. The van der Waals surface area contributed by atoms with Crippen LogP contribution in [-0.2, 0) is 13.8 Å². The van der Waals surface area contributed by atoms with E-state index in [1.165, 1.54) is 30.6 Å². The van der Waals surface area contributed by atoms with Gasteiger partial charge in [-0.2, -0.15) is 0 Å². The fourth-order valence-electron chi connectivity index (χ4n) is 5.47. The molecule has 5 unspecified atom stereocenters. The number of carbonyl (C=O) groups is 1. The van der Waals surface area contributed by atoms with E-state index in [-0.39, 0.29) is 6.42 Å². The number of aliphatic hydroxyl groups excluding tert-OH is 3. The van der Waals surface area contributed by atoms with Crippen molar-refractivity contribution in [3.05, 3.63) is 0 Å². The smallest absolute Gasteiger partial charge is 0.387 e. The average molecular weight is 495 g/mol. The number of urea groups is 1. The van der Waals surface area contributed by atoms with Crippen LogP contribution in [-0.4, -0.2) is 79.0 Å². The molecule has 192 valence electrons. The van der Waals surface area contributed by atoms with Gasteiger partial charge in [-0.3, -0.25) is 9.42 Å². The van der Waals surface area contributed by atoms with Crippen molar-refractivity contribution in [2.75, 3.05) is 6.61 Å². The number of carbonyl (C=O) groups excluding carboxylic acids is 1. The van der Waals surface area contributed by atoms with E-state index in [1.807, 2.05) is 0 Å². The Kier molecular flexibility index (Phi) is 9.56. The first-order valence-corrected chi connectivity index (χ1v) is 13.7. The summed E-state index contributed by atoms with van der Waals surface area (Å²) in [4.78, 5) is 32.5. The molecule has 0 aromatic heterocycles. The summed E-state index contributed by atoms with van der Waals surface area (Å²) in [7, 11) is -4.80. The minimum Gasteiger partial charge on any atom is -0.387 e. The van der Waals surface area contributed by atoms with Gasteiger partial charge < -0.3 is 35.2 Å². The molecule has 0 aromatic rings. The van der Waals surface area contributed by atoms with Crippen molar-refractivity contribution in [3.63, 3.8) is 0 Å². The van der Waals surface area contributed by atoms with E-state index in [0.29, 0.717) is 12.8 Å². The van der Waals surface area contributed by atoms with Crippen molar-refractivity contribution in [2.45, 2.75) is 120 Å². The molecular weight excluding hydrogens is 455 g/mol. The van der Waals surface area contributed by atoms with Gasteiger partial charge in [-0.1, -0.05) is 64.2 Å². The number of ether oxygens (including phenoxy) is 1. The van der Waals surface area contributed by atoms with E-state index >= 15 is 0 Å². The van der Waals surface area contributed by atoms with Crippen molar-refractivity contribution >= 4 is 13.9 Å². The SMILES string of the molecule is O=C1NC(O)CC2(CCCCCCCCCCCC2)N1C1OC(COP(=O)(O)O)C(O)C1O. The summed E-state index contributed by atoms with van der Waals surface area (Å²) in [6.45, 7) is -0.635. The van der Waals surface area contributed by atoms with E-state index in [0.717, 1.165) is 38.5 Å². The molecule has 2 amide bonds. The fourth-order valence-corrected chi connectivity index (χ4v) is 5.81. The maximum absolute atomic E-state index is 13.1. The molecule has 33 heavy (non-hydrogen) atoms. The van der Waals surface area contributed by atoms with Crippen LogP contribution < -0.4 is 5.32 Å². The second-order valence-corrected chi connectivity index (χ2v) is 10.9. The summed E-state index contributed by atoms with van der Waals surface area (Å²) in [6.07, 6.45) is 5.82. The molecule has 12 heteroatoms. The molecule has 3 rings (SSSR count). The average Bonchev–Trinajstić information content (AvgIpc) is 3.01. The van der Waals surface area contributed by atoms with Crippen LogP contribution in [0.5, 0.6) is 0 Å². The molecule has 1 spiro atoms. The zero-order valence-corrected chi connectivity index (χ0v) is 19.9. The largest absolute Gasteiger partial charge is 0.469 e. The molecular formula is C21H39N2O9P. The molecule has 0 radical (unpaired) electrons. The first-order chi connectivity index (χ1) is 15.6. The normalized spacial score (nSPS) is 34.9. The van der Waals surface area contributed by atoms with E-state index in [2.05, 4.69) is 9.84 Å². The van der Waals surface area contributed by atoms with E-state index in [1.54, 1.807) is 0 Å². The number of phosphoric acid groups is 1. The van der Waals surface area contributed by atoms with Gasteiger partial charge in [0, 0.05) is 6.42 Å². The van der Waals surface area contributed by atoms with Gasteiger partial charge in [-0.25, -0.2) is 9.36 Å². The molecule has 11 nitrogen and oxygen atoms in total. The number of hydrogen-bond donors (Lipinski definition) is 6. The molecule has 6 N–H and O–H groups in total. The lowest BCUT2D eigenvalue weighted by molar-refractivity contribution is -0.138. The van der Waals surface area contributed by atoms with E-state index in [9.17, 15) is 24.7 Å². The van der Waals surface area contributed by atoms with E-state index in [4.69, 9.17) is 14.5 Å². The lowest BCUT2D eigenvalue weighted by Crippen LogP contribution is -2.68. The number of nitrogens with one attached hydrogen (secondary N) is 1. The first-order valence-electron chi connectivity index (χ1n) is 12.1. The molecule has 2 aliphatic heterocycles. The number of aliphatic hydroxyl groups is 3. The third-order valence-corrected chi connectivity index (χ3v) is 7.61. The van der Waals surface area contributed by atoms with Crippen molar-refractivity contribution in [3.8, 4) is 0 Å². The molecule has 1 saturated carbocycles. The number of rotatable bonds is 4. The molecule has 0 aromatic carbocycles. The number of phosphoric ester groups is 1. The Balaban J connectivity index is 1.82. The summed E-state index contributed by atoms with van der Waals surface area (Å²) < 4.78 is 21.3. The number of hydrogen-bond acceptors (Lipinski definition) is 7. The van der Waals surface area contributed by atoms with Crippen LogP contribution in [0.15, 0.2) is 0 Å². The third-order valence-electron chi connectivity index (χ3n) is 7.13. The van der Waals surface area contributed by atoms with Crippen LogP contribution in [0, 0.1) is 0 Å². The summed E-state index contributed by atoms with van der Waals surface area (Å²) in [5, 5.41) is 34.1. The Bertz CT molecular complexity index is 677. The Morgan fingerprint density at radius 2 is 1.45 bits per heavy atom. The predicted octanol–water partition coefficient (Wildman–Crippen LogP) is 1.71. The van der Waals surface area contributed by atoms with Crippen LogP contribution >= 0.6 is 7.82 Å². The molecule has 2 heterocycles. The van der Waals surface area contributed by atoms with Gasteiger partial charge >= 0.3 is 13.9 Å². The monoisotopic (exact) mass is 494 g/mol. The Hall–Kier alpha value is -0.780. The fraction of sp³-hybridized carbons (Fsp3) is 0.952. The highest BCUT2D eigenvalue weighted by molar-refractivity contribution is 7.46. The van der Waals surface area contributed by atoms with Crippen LogP contribution in [0.3, 0.4) is 0 Å². The Morgan fingerprint density at radius 3 is 1.97 bits per heavy atom. The molecule has 3 fully saturated rings. The molecule has 0 bridgehead atoms. The van der Waals surface area contributed by atoms with Gasteiger partial charge in [-0.05, 0) is 12.8 Å². The number of amides is 2. The minimum atomic E-state index is -4.80. The lowest BCUT2D eigenvalue weighted by Gasteiger charge is -2.51. The second-order valence-electron chi connectivity index (χ2n) is 9.63. The molecule has 3 aliphatic rings. The van der Waals surface area contributed by atoms with Crippen LogP contribution in [0.2, 0.25) is 0 Å². The minimum absolute atomic E-state index is 0.269. The van der Waals surface area contributed by atoms with Gasteiger partial charge in [-0.15, -0.1) is 0 Å². The molecule has 1 aliphatic carbocycles. The zero-order valence-electron chi connectivity index (χ0n) is 19.0. The van der Waals surface area contributed by atoms with Gasteiger partial charge in [0.15, 0.2) is 6.23 Å². The van der Waals surface area contributed by atoms with Crippen molar-refractivity contribution < 1.29 is 43.7 Å². The highest BCUT2D eigenvalue weighted by Gasteiger charge is 2.55. The van der Waals surface area contributed by atoms with E-state index < -0.39 is 56.8 Å². The zero-order chi connectivity index (χ0) is 24.1. The Morgan fingerprint density at radius 1 is 0.939 bits per heavy atom. The molecule has 2 saturated heterocycles. The predicted molar refractivity (Wildman–Crippen MR) is 118 cm³/mol. The van der Waals surface area contributed by atoms with Crippen molar-refractivity contribution in [1.82, 2.24) is 10.2 Å². The quantitative estimate of drug-likeness (QED) is 0.319. The molecule has 5 atom stereocenters. The number of nitrogens with zero attached hydrogens (tertiary/aromatic N) is 1. The van der Waals surface area contributed by atoms with Crippen LogP contribution in [0.4, 0.5) is 4.79 Å². The standard InChI is InChI=1S/C21H39N2O9P/c24-16-13-21(11-9-7-5-3-1-2-4-6-8-10-12-21)23(20(27)22-16)19-18(26)17(25)15(32-19)14-31-33(28,29)30/h15-19,24-26H,1-14H2,(H,22,27)(H2,28,29,30). The van der Waals surface area contributed by atoms with Crippen LogP contribution in [0.25, 0.3) is 0 Å². The van der Waals surface area contributed by atoms with Crippen LogP contribution in [0.1, 0.15) is 83.5 Å². The maximum atomic E-state index is 13.1. The second kappa shape index (κ2) is 11.8. The Labute approximate surface area is 194 Å². The highest BCUT2D eigenvalue weighted by Crippen LogP contribution is 2.42. The summed E-state index contributed by atoms with van der Waals surface area (Å²) in [6, 6.07) is -0.592. The summed E-state index contributed by atoms with van der Waals surface area (Å²) >= 11 is 0. The highest BCUT2D eigenvalue weighted by atomic mass is 31.2. The van der Waals surface area contributed by atoms with Crippen molar-refractivity contribution in [2.24, 2.45) is 0 Å². The van der Waals surface area contributed by atoms with Gasteiger partial charge in [0.2, 0.25) is 0 Å². The van der Waals surface area contributed by atoms with Gasteiger partial charge in [0.05, 0.1) is 12.1 Å². The first kappa shape index (κ1) is 26.8. The van der Waals surface area contributed by atoms with Gasteiger partial charge in [0.1, 0.15) is 24.5 Å². The van der Waals surface area contributed by atoms with Crippen molar-refractivity contribution in [1.29, 1.82) is 0 Å². The topological polar surface area (TPSA) is 169 Å². The maximum Gasteiger partial charge on any atom is 0.469 e. The lowest BCUT2D eigenvalue weighted by atomic mass is 9.79. The third kappa shape index (κ3) is 7.11.